The van der Waals surface area contributed by atoms with Gasteiger partial charge in [-0.2, -0.15) is 4.68 Å². The molecule has 0 bridgehead atoms. The van der Waals surface area contributed by atoms with Crippen molar-refractivity contribution in [3.63, 3.8) is 0 Å². The van der Waals surface area contributed by atoms with E-state index in [0.29, 0.717) is 6.42 Å². The molecule has 0 aliphatic heterocycles. The highest BCUT2D eigenvalue weighted by atomic mass is 16.6. The van der Waals surface area contributed by atoms with E-state index in [4.69, 9.17) is 4.74 Å². The van der Waals surface area contributed by atoms with Crippen molar-refractivity contribution in [1.29, 1.82) is 0 Å². The van der Waals surface area contributed by atoms with E-state index < -0.39 is 23.8 Å². The molecule has 31 heavy (non-hydrogen) atoms. The van der Waals surface area contributed by atoms with E-state index in [-0.39, 0.29) is 5.82 Å². The first-order valence-corrected chi connectivity index (χ1v) is 10.2. The lowest BCUT2D eigenvalue weighted by atomic mass is 10.0. The standard InChI is InChI=1S/C23H29N5O3/c1-15-10-9-11-16(2)19(15)28-21(25-26-27-28)20(29)18(14-17-12-7-6-8-13-17)24-22(30)31-23(3,4)5/h6-13,18,20,29H,14H2,1-5H3,(H,24,30)/t18-,20-/m0/s1. The lowest BCUT2D eigenvalue weighted by molar-refractivity contribution is 0.0410. The molecule has 0 spiro atoms. The van der Waals surface area contributed by atoms with Gasteiger partial charge in [-0.05, 0) is 68.2 Å². The van der Waals surface area contributed by atoms with Gasteiger partial charge < -0.3 is 15.2 Å². The number of alkyl carbamates (subject to hydrolysis) is 1. The van der Waals surface area contributed by atoms with E-state index in [1.54, 1.807) is 20.8 Å². The number of amides is 1. The van der Waals surface area contributed by atoms with Gasteiger partial charge in [-0.1, -0.05) is 48.5 Å². The summed E-state index contributed by atoms with van der Waals surface area (Å²) in [7, 11) is 0. The summed E-state index contributed by atoms with van der Waals surface area (Å²) in [5.41, 5.74) is 3.04. The predicted octanol–water partition coefficient (Wildman–Crippen LogP) is 3.45. The monoisotopic (exact) mass is 423 g/mol. The van der Waals surface area contributed by atoms with Crippen LogP contribution in [0.4, 0.5) is 4.79 Å². The molecular weight excluding hydrogens is 394 g/mol. The number of benzene rings is 2. The second-order valence-electron chi connectivity index (χ2n) is 8.58. The molecule has 0 unspecified atom stereocenters. The zero-order chi connectivity index (χ0) is 22.6. The highest BCUT2D eigenvalue weighted by Gasteiger charge is 2.30. The fourth-order valence-electron chi connectivity index (χ4n) is 3.43. The average molecular weight is 424 g/mol. The highest BCUT2D eigenvalue weighted by molar-refractivity contribution is 5.68. The number of hydrogen-bond acceptors (Lipinski definition) is 6. The topological polar surface area (TPSA) is 102 Å². The second kappa shape index (κ2) is 9.26. The Morgan fingerprint density at radius 3 is 2.35 bits per heavy atom. The van der Waals surface area contributed by atoms with Gasteiger partial charge in [-0.15, -0.1) is 5.10 Å². The third kappa shape index (κ3) is 5.67. The molecule has 2 N–H and O–H groups in total. The molecule has 0 aliphatic carbocycles. The molecular formula is C23H29N5O3. The summed E-state index contributed by atoms with van der Waals surface area (Å²) in [4.78, 5) is 12.5. The number of ether oxygens (including phenoxy) is 1. The van der Waals surface area contributed by atoms with Crippen LogP contribution < -0.4 is 5.32 Å². The number of aryl methyl sites for hydroxylation is 2. The number of aliphatic hydroxyl groups excluding tert-OH is 1. The third-order valence-electron chi connectivity index (χ3n) is 4.79. The van der Waals surface area contributed by atoms with Crippen molar-refractivity contribution < 1.29 is 14.6 Å². The maximum atomic E-state index is 12.5. The lowest BCUT2D eigenvalue weighted by Gasteiger charge is -2.26. The van der Waals surface area contributed by atoms with E-state index in [2.05, 4.69) is 20.8 Å². The molecule has 0 fully saturated rings. The van der Waals surface area contributed by atoms with Crippen molar-refractivity contribution in [3.8, 4) is 5.69 Å². The fourth-order valence-corrected chi connectivity index (χ4v) is 3.43. The molecule has 0 radical (unpaired) electrons. The van der Waals surface area contributed by atoms with E-state index in [1.165, 1.54) is 4.68 Å². The van der Waals surface area contributed by atoms with Crippen molar-refractivity contribution in [1.82, 2.24) is 25.5 Å². The summed E-state index contributed by atoms with van der Waals surface area (Å²) in [5, 5.41) is 26.0. The van der Waals surface area contributed by atoms with Gasteiger partial charge in [-0.25, -0.2) is 4.79 Å². The van der Waals surface area contributed by atoms with Crippen LogP contribution in [0, 0.1) is 13.8 Å². The Hall–Kier alpha value is -3.26. The summed E-state index contributed by atoms with van der Waals surface area (Å²) in [6.07, 6.45) is -1.40. The first-order chi connectivity index (χ1) is 14.7. The van der Waals surface area contributed by atoms with Gasteiger partial charge >= 0.3 is 6.09 Å². The van der Waals surface area contributed by atoms with Gasteiger partial charge in [0.15, 0.2) is 5.82 Å². The van der Waals surface area contributed by atoms with Crippen LogP contribution in [0.5, 0.6) is 0 Å². The SMILES string of the molecule is Cc1cccc(C)c1-n1nnnc1[C@@H](O)[C@H](Cc1ccccc1)NC(=O)OC(C)(C)C. The predicted molar refractivity (Wildman–Crippen MR) is 117 cm³/mol. The van der Waals surface area contributed by atoms with Crippen LogP contribution in [0.15, 0.2) is 48.5 Å². The second-order valence-corrected chi connectivity index (χ2v) is 8.58. The van der Waals surface area contributed by atoms with Crippen molar-refractivity contribution in [3.05, 3.63) is 71.0 Å². The molecule has 0 saturated heterocycles. The Morgan fingerprint density at radius 2 is 1.74 bits per heavy atom. The number of aliphatic hydroxyl groups is 1. The van der Waals surface area contributed by atoms with Crippen molar-refractivity contribution >= 4 is 6.09 Å². The minimum atomic E-state index is -1.17. The van der Waals surface area contributed by atoms with Crippen LogP contribution in [-0.4, -0.2) is 43.0 Å². The molecule has 2 atom stereocenters. The number of aromatic nitrogens is 4. The van der Waals surface area contributed by atoms with Crippen LogP contribution in [0.25, 0.3) is 5.69 Å². The summed E-state index contributed by atoms with van der Waals surface area (Å²) >= 11 is 0. The molecule has 2 aromatic carbocycles. The average Bonchev–Trinajstić information content (AvgIpc) is 3.15. The summed E-state index contributed by atoms with van der Waals surface area (Å²) in [5.74, 6) is 0.245. The maximum Gasteiger partial charge on any atom is 0.407 e. The fraction of sp³-hybridized carbons (Fsp3) is 0.391. The number of nitrogens with one attached hydrogen (secondary N) is 1. The third-order valence-corrected chi connectivity index (χ3v) is 4.79. The van der Waals surface area contributed by atoms with Gasteiger partial charge in [0.2, 0.25) is 0 Å². The quantitative estimate of drug-likeness (QED) is 0.630. The Bertz CT molecular complexity index is 1010. The highest BCUT2D eigenvalue weighted by Crippen LogP contribution is 2.24. The number of carbonyl (C=O) groups is 1. The first-order valence-electron chi connectivity index (χ1n) is 10.2. The van der Waals surface area contributed by atoms with Crippen LogP contribution >= 0.6 is 0 Å². The van der Waals surface area contributed by atoms with Crippen LogP contribution in [0.2, 0.25) is 0 Å². The number of rotatable bonds is 6. The molecule has 1 aromatic heterocycles. The number of hydrogen-bond donors (Lipinski definition) is 2. The molecule has 0 aliphatic rings. The molecule has 8 heteroatoms. The molecule has 8 nitrogen and oxygen atoms in total. The van der Waals surface area contributed by atoms with Crippen LogP contribution in [0.1, 0.15) is 49.4 Å². The smallest absolute Gasteiger partial charge is 0.407 e. The van der Waals surface area contributed by atoms with Gasteiger partial charge in [0.05, 0.1) is 11.7 Å². The Kier molecular flexibility index (Phi) is 6.70. The van der Waals surface area contributed by atoms with E-state index in [9.17, 15) is 9.90 Å². The van der Waals surface area contributed by atoms with E-state index in [0.717, 1.165) is 22.4 Å². The number of tetrazole rings is 1. The molecule has 164 valence electrons. The van der Waals surface area contributed by atoms with Crippen molar-refractivity contribution in [2.24, 2.45) is 0 Å². The first kappa shape index (κ1) is 22.4. The summed E-state index contributed by atoms with van der Waals surface area (Å²) in [6, 6.07) is 14.8. The maximum absolute atomic E-state index is 12.5. The number of carbonyl (C=O) groups excluding carboxylic acids is 1. The van der Waals surface area contributed by atoms with Gasteiger partial charge in [0, 0.05) is 0 Å². The van der Waals surface area contributed by atoms with Crippen molar-refractivity contribution in [2.45, 2.75) is 58.8 Å². The van der Waals surface area contributed by atoms with Gasteiger partial charge in [0.1, 0.15) is 11.7 Å². The number of para-hydroxylation sites is 1. The van der Waals surface area contributed by atoms with E-state index >= 15 is 0 Å². The molecule has 1 heterocycles. The minimum absolute atomic E-state index is 0.245. The number of nitrogens with zero attached hydrogens (tertiary/aromatic N) is 4. The van der Waals surface area contributed by atoms with Crippen LogP contribution in [-0.2, 0) is 11.2 Å². The largest absolute Gasteiger partial charge is 0.444 e. The summed E-state index contributed by atoms with van der Waals surface area (Å²) in [6.45, 7) is 9.28. The molecule has 0 saturated carbocycles. The molecule has 3 aromatic rings. The van der Waals surface area contributed by atoms with Gasteiger partial charge in [-0.3, -0.25) is 0 Å². The zero-order valence-electron chi connectivity index (χ0n) is 18.5. The molecule has 1 amide bonds. The normalized spacial score (nSPS) is 13.5. The lowest BCUT2D eigenvalue weighted by Crippen LogP contribution is -2.44. The zero-order valence-corrected chi connectivity index (χ0v) is 18.5. The Labute approximate surface area is 182 Å². The van der Waals surface area contributed by atoms with E-state index in [1.807, 2.05) is 62.4 Å². The van der Waals surface area contributed by atoms with Gasteiger partial charge in [0.25, 0.3) is 0 Å². The van der Waals surface area contributed by atoms with Crippen LogP contribution in [0.3, 0.4) is 0 Å². The minimum Gasteiger partial charge on any atom is -0.444 e. The van der Waals surface area contributed by atoms with Crippen molar-refractivity contribution in [2.75, 3.05) is 0 Å². The molecule has 3 rings (SSSR count). The summed E-state index contributed by atoms with van der Waals surface area (Å²) < 4.78 is 6.94. The Balaban J connectivity index is 1.94. The Morgan fingerprint density at radius 1 is 1.10 bits per heavy atom.